The van der Waals surface area contributed by atoms with Crippen LogP contribution in [-0.2, 0) is 0 Å². The topological polar surface area (TPSA) is 58.7 Å². The van der Waals surface area contributed by atoms with Crippen molar-refractivity contribution in [2.45, 2.75) is 19.4 Å². The maximum atomic E-state index is 9.69. The Bertz CT molecular complexity index is 477. The fraction of sp³-hybridized carbons (Fsp3) is 0.500. The third kappa shape index (κ3) is 2.98. The molecule has 1 saturated heterocycles. The molecular weight excluding hydrogens is 260 g/mol. The second kappa shape index (κ2) is 5.75. The molecule has 0 aliphatic carbocycles. The van der Waals surface area contributed by atoms with Gasteiger partial charge in [0, 0.05) is 30.6 Å². The minimum atomic E-state index is -0.288. The summed E-state index contributed by atoms with van der Waals surface area (Å²) >= 11 is 5.11. The molecule has 0 saturated carbocycles. The Morgan fingerprint density at radius 2 is 2.32 bits per heavy atom. The number of methoxy groups -OCH3 is 1. The summed E-state index contributed by atoms with van der Waals surface area (Å²) < 4.78 is 5.26. The first-order valence-electron chi connectivity index (χ1n) is 6.43. The molecule has 0 amide bonds. The van der Waals surface area contributed by atoms with Crippen molar-refractivity contribution in [3.05, 3.63) is 23.8 Å². The van der Waals surface area contributed by atoms with E-state index in [1.165, 1.54) is 0 Å². The normalized spacial score (nSPS) is 20.4. The Kier molecular flexibility index (Phi) is 4.27. The smallest absolute Gasteiger partial charge is 0.120 e. The van der Waals surface area contributed by atoms with Crippen LogP contribution in [0.25, 0.3) is 0 Å². The zero-order valence-corrected chi connectivity index (χ0v) is 12.1. The molecule has 2 rings (SSSR count). The van der Waals surface area contributed by atoms with Gasteiger partial charge in [0.1, 0.15) is 10.7 Å². The molecule has 0 spiro atoms. The van der Waals surface area contributed by atoms with Gasteiger partial charge >= 0.3 is 0 Å². The molecule has 104 valence electrons. The summed E-state index contributed by atoms with van der Waals surface area (Å²) in [6, 6.07) is 5.71. The van der Waals surface area contributed by atoms with Crippen LogP contribution in [0.3, 0.4) is 0 Å². The molecule has 1 fully saturated rings. The Hall–Kier alpha value is -1.33. The summed E-state index contributed by atoms with van der Waals surface area (Å²) in [4.78, 5) is 2.60. The highest BCUT2D eigenvalue weighted by molar-refractivity contribution is 7.80. The summed E-state index contributed by atoms with van der Waals surface area (Å²) in [5.74, 6) is 1.08. The van der Waals surface area contributed by atoms with E-state index in [2.05, 4.69) is 4.90 Å². The van der Waals surface area contributed by atoms with Crippen LogP contribution >= 0.6 is 12.2 Å². The van der Waals surface area contributed by atoms with Crippen LogP contribution in [0.1, 0.15) is 18.9 Å². The van der Waals surface area contributed by atoms with E-state index in [0.717, 1.165) is 36.5 Å². The van der Waals surface area contributed by atoms with Gasteiger partial charge in [-0.2, -0.15) is 0 Å². The van der Waals surface area contributed by atoms with Gasteiger partial charge in [-0.05, 0) is 25.5 Å². The minimum Gasteiger partial charge on any atom is -0.497 e. The van der Waals surface area contributed by atoms with Crippen LogP contribution in [0.5, 0.6) is 5.75 Å². The zero-order chi connectivity index (χ0) is 14.0. The van der Waals surface area contributed by atoms with E-state index < -0.39 is 0 Å². The average Bonchev–Trinajstić information content (AvgIpc) is 2.87. The number of anilines is 1. The Labute approximate surface area is 119 Å². The second-order valence-corrected chi connectivity index (χ2v) is 5.42. The van der Waals surface area contributed by atoms with Gasteiger partial charge in [-0.15, -0.1) is 0 Å². The first-order chi connectivity index (χ1) is 9.02. The SMILES string of the molecule is COc1ccc(C(N)=S)c(N2CCC(C(C)O)C2)c1. The maximum Gasteiger partial charge on any atom is 0.120 e. The average molecular weight is 280 g/mol. The number of thiocarbonyl (C=S) groups is 1. The van der Waals surface area contributed by atoms with E-state index in [9.17, 15) is 5.11 Å². The molecule has 1 heterocycles. The number of hydrogen-bond acceptors (Lipinski definition) is 4. The van der Waals surface area contributed by atoms with Crippen LogP contribution in [0.2, 0.25) is 0 Å². The lowest BCUT2D eigenvalue weighted by atomic mass is 10.0. The van der Waals surface area contributed by atoms with E-state index in [-0.39, 0.29) is 6.10 Å². The molecule has 2 atom stereocenters. The van der Waals surface area contributed by atoms with Crippen LogP contribution < -0.4 is 15.4 Å². The van der Waals surface area contributed by atoms with Crippen molar-refractivity contribution < 1.29 is 9.84 Å². The van der Waals surface area contributed by atoms with E-state index >= 15 is 0 Å². The van der Waals surface area contributed by atoms with Gasteiger partial charge in [0.2, 0.25) is 0 Å². The van der Waals surface area contributed by atoms with Crippen molar-refractivity contribution in [3.63, 3.8) is 0 Å². The van der Waals surface area contributed by atoms with Crippen molar-refractivity contribution >= 4 is 22.9 Å². The Morgan fingerprint density at radius 1 is 1.58 bits per heavy atom. The monoisotopic (exact) mass is 280 g/mol. The van der Waals surface area contributed by atoms with Crippen molar-refractivity contribution in [1.29, 1.82) is 0 Å². The van der Waals surface area contributed by atoms with Gasteiger partial charge < -0.3 is 20.5 Å². The van der Waals surface area contributed by atoms with E-state index in [0.29, 0.717) is 10.9 Å². The lowest BCUT2D eigenvalue weighted by Gasteiger charge is -2.23. The number of nitrogens with zero attached hydrogens (tertiary/aromatic N) is 1. The molecule has 1 aliphatic rings. The summed E-state index contributed by atoms with van der Waals surface area (Å²) in [7, 11) is 1.64. The molecule has 2 unspecified atom stereocenters. The quantitative estimate of drug-likeness (QED) is 0.819. The standard InChI is InChI=1S/C14H20N2O2S/c1-9(17)10-5-6-16(8-10)13-7-11(18-2)3-4-12(13)14(15)19/h3-4,7,9-10,17H,5-6,8H2,1-2H3,(H2,15,19). The van der Waals surface area contributed by atoms with Gasteiger partial charge in [-0.25, -0.2) is 0 Å². The first kappa shape index (κ1) is 14.1. The van der Waals surface area contributed by atoms with E-state index in [1.54, 1.807) is 7.11 Å². The molecule has 19 heavy (non-hydrogen) atoms. The fourth-order valence-corrected chi connectivity index (χ4v) is 2.68. The predicted octanol–water partition coefficient (Wildman–Crippen LogP) is 1.54. The third-order valence-corrected chi connectivity index (χ3v) is 3.94. The van der Waals surface area contributed by atoms with Crippen LogP contribution in [-0.4, -0.2) is 36.4 Å². The zero-order valence-electron chi connectivity index (χ0n) is 11.3. The highest BCUT2D eigenvalue weighted by Gasteiger charge is 2.27. The molecule has 1 aliphatic heterocycles. The number of ether oxygens (including phenoxy) is 1. The lowest BCUT2D eigenvalue weighted by molar-refractivity contribution is 0.136. The second-order valence-electron chi connectivity index (χ2n) is 4.98. The molecule has 1 aromatic rings. The summed E-state index contributed by atoms with van der Waals surface area (Å²) in [6.45, 7) is 3.56. The molecule has 3 N–H and O–H groups in total. The van der Waals surface area contributed by atoms with E-state index in [1.807, 2.05) is 25.1 Å². The number of benzene rings is 1. The first-order valence-corrected chi connectivity index (χ1v) is 6.84. The molecule has 1 aromatic carbocycles. The predicted molar refractivity (Wildman–Crippen MR) is 80.9 cm³/mol. The number of hydrogen-bond donors (Lipinski definition) is 2. The summed E-state index contributed by atoms with van der Waals surface area (Å²) in [5.41, 5.74) is 7.64. The summed E-state index contributed by atoms with van der Waals surface area (Å²) in [5, 5.41) is 9.69. The van der Waals surface area contributed by atoms with Crippen LogP contribution in [0.4, 0.5) is 5.69 Å². The van der Waals surface area contributed by atoms with Crippen molar-refractivity contribution in [1.82, 2.24) is 0 Å². The molecule has 0 aromatic heterocycles. The van der Waals surface area contributed by atoms with E-state index in [4.69, 9.17) is 22.7 Å². The molecule has 0 radical (unpaired) electrons. The minimum absolute atomic E-state index is 0.288. The van der Waals surface area contributed by atoms with Crippen LogP contribution in [0, 0.1) is 5.92 Å². The maximum absolute atomic E-state index is 9.69. The number of aliphatic hydroxyl groups excluding tert-OH is 1. The van der Waals surface area contributed by atoms with Gasteiger partial charge in [0.25, 0.3) is 0 Å². The van der Waals surface area contributed by atoms with Crippen molar-refractivity contribution in [3.8, 4) is 5.75 Å². The molecule has 4 nitrogen and oxygen atoms in total. The number of rotatable bonds is 4. The van der Waals surface area contributed by atoms with Gasteiger partial charge in [-0.1, -0.05) is 12.2 Å². The fourth-order valence-electron chi connectivity index (χ4n) is 2.51. The molecule has 0 bridgehead atoms. The Morgan fingerprint density at radius 3 is 2.84 bits per heavy atom. The van der Waals surface area contributed by atoms with Crippen molar-refractivity contribution in [2.24, 2.45) is 11.7 Å². The lowest BCUT2D eigenvalue weighted by Crippen LogP contribution is -2.26. The van der Waals surface area contributed by atoms with Gasteiger partial charge in [0.05, 0.1) is 18.9 Å². The summed E-state index contributed by atoms with van der Waals surface area (Å²) in [6.07, 6.45) is 0.690. The largest absolute Gasteiger partial charge is 0.497 e. The molecular formula is C14H20N2O2S. The third-order valence-electron chi connectivity index (χ3n) is 3.72. The van der Waals surface area contributed by atoms with Gasteiger partial charge in [0.15, 0.2) is 0 Å². The molecule has 5 heteroatoms. The van der Waals surface area contributed by atoms with Crippen molar-refractivity contribution in [2.75, 3.05) is 25.1 Å². The van der Waals surface area contributed by atoms with Crippen LogP contribution in [0.15, 0.2) is 18.2 Å². The Balaban J connectivity index is 2.30. The highest BCUT2D eigenvalue weighted by Crippen LogP contribution is 2.31. The number of aliphatic hydroxyl groups is 1. The highest BCUT2D eigenvalue weighted by atomic mass is 32.1. The van der Waals surface area contributed by atoms with Gasteiger partial charge in [-0.3, -0.25) is 0 Å². The number of nitrogens with two attached hydrogens (primary N) is 1.